The van der Waals surface area contributed by atoms with Gasteiger partial charge in [-0.05, 0) is 43.9 Å². The van der Waals surface area contributed by atoms with Gasteiger partial charge in [-0.2, -0.15) is 0 Å². The van der Waals surface area contributed by atoms with E-state index in [1.54, 1.807) is 0 Å². The van der Waals surface area contributed by atoms with E-state index in [-0.39, 0.29) is 0 Å². The van der Waals surface area contributed by atoms with Gasteiger partial charge in [0.05, 0.1) is 6.10 Å². The van der Waals surface area contributed by atoms with Gasteiger partial charge in [0.2, 0.25) is 0 Å². The minimum Gasteiger partial charge on any atom is -0.378 e. The van der Waals surface area contributed by atoms with Crippen LogP contribution in [0.5, 0.6) is 0 Å². The summed E-state index contributed by atoms with van der Waals surface area (Å²) in [6, 6.07) is 9.14. The first kappa shape index (κ1) is 16.5. The third-order valence-corrected chi connectivity index (χ3v) is 4.40. The molecule has 21 heavy (non-hydrogen) atoms. The average Bonchev–Trinajstić information content (AvgIpc) is 2.50. The average molecular weight is 290 g/mol. The minimum atomic E-state index is 0.482. The van der Waals surface area contributed by atoms with Crippen LogP contribution in [0.1, 0.15) is 43.7 Å². The number of nitrogens with zero attached hydrogens (tertiary/aromatic N) is 1. The van der Waals surface area contributed by atoms with E-state index >= 15 is 0 Å². The maximum absolute atomic E-state index is 5.71. The van der Waals surface area contributed by atoms with Crippen molar-refractivity contribution in [2.24, 2.45) is 0 Å². The second-order valence-electron chi connectivity index (χ2n) is 6.13. The molecule has 0 aromatic heterocycles. The number of likely N-dealkylation sites (tertiary alicyclic amines) is 1. The van der Waals surface area contributed by atoms with Gasteiger partial charge < -0.3 is 10.1 Å². The molecule has 1 saturated heterocycles. The molecule has 0 saturated carbocycles. The Morgan fingerprint density at radius 2 is 1.90 bits per heavy atom. The summed E-state index contributed by atoms with van der Waals surface area (Å²) in [4.78, 5) is 2.54. The van der Waals surface area contributed by atoms with Gasteiger partial charge in [0.1, 0.15) is 0 Å². The van der Waals surface area contributed by atoms with Crippen molar-refractivity contribution in [3.8, 4) is 0 Å². The molecule has 1 unspecified atom stereocenters. The quantitative estimate of drug-likeness (QED) is 0.835. The third-order valence-electron chi connectivity index (χ3n) is 4.40. The number of hydrogen-bond donors (Lipinski definition) is 1. The van der Waals surface area contributed by atoms with Gasteiger partial charge in [-0.25, -0.2) is 0 Å². The van der Waals surface area contributed by atoms with E-state index in [0.29, 0.717) is 12.0 Å². The molecular formula is C18H30N2O. The summed E-state index contributed by atoms with van der Waals surface area (Å²) in [7, 11) is 2.01. The number of nitrogens with one attached hydrogen (secondary N) is 1. The molecule has 118 valence electrons. The first-order valence-electron chi connectivity index (χ1n) is 8.30. The molecule has 1 N–H and O–H groups in total. The Bertz CT molecular complexity index is 396. The number of benzene rings is 1. The van der Waals surface area contributed by atoms with Gasteiger partial charge in [0.15, 0.2) is 0 Å². The molecule has 1 heterocycles. The molecule has 3 heteroatoms. The molecule has 0 radical (unpaired) electrons. The van der Waals surface area contributed by atoms with E-state index in [1.165, 1.54) is 24.0 Å². The molecule has 0 bridgehead atoms. The van der Waals surface area contributed by atoms with Crippen LogP contribution in [0.15, 0.2) is 24.3 Å². The fraction of sp³-hybridized carbons (Fsp3) is 0.667. The normalized spacial score (nSPS) is 18.8. The first-order valence-corrected chi connectivity index (χ1v) is 8.30. The Morgan fingerprint density at radius 1 is 1.24 bits per heavy atom. The highest BCUT2D eigenvalue weighted by atomic mass is 16.5. The second kappa shape index (κ2) is 8.52. The van der Waals surface area contributed by atoms with Crippen molar-refractivity contribution in [1.82, 2.24) is 10.2 Å². The van der Waals surface area contributed by atoms with Crippen LogP contribution in [0.4, 0.5) is 0 Å². The van der Waals surface area contributed by atoms with Crippen LogP contribution >= 0.6 is 0 Å². The third kappa shape index (κ3) is 5.10. The molecule has 1 fully saturated rings. The smallest absolute Gasteiger partial charge is 0.0599 e. The van der Waals surface area contributed by atoms with Crippen molar-refractivity contribution in [2.45, 2.75) is 45.3 Å². The Hall–Kier alpha value is -0.900. The Labute approximate surface area is 129 Å². The standard InChI is InChI=1S/C18H30N2O/c1-4-21-18-9-11-20(12-10-18)14-16-5-7-17(8-6-16)15(2)13-19-3/h5-8,15,18-19H,4,9-14H2,1-3H3. The van der Waals surface area contributed by atoms with Crippen LogP contribution in [0.25, 0.3) is 0 Å². The first-order chi connectivity index (χ1) is 10.2. The van der Waals surface area contributed by atoms with Crippen molar-refractivity contribution in [3.05, 3.63) is 35.4 Å². The lowest BCUT2D eigenvalue weighted by Gasteiger charge is -2.31. The van der Waals surface area contributed by atoms with Crippen LogP contribution < -0.4 is 5.32 Å². The number of hydrogen-bond acceptors (Lipinski definition) is 3. The predicted octanol–water partition coefficient (Wildman–Crippen LogP) is 3.01. The number of ether oxygens (including phenoxy) is 1. The number of rotatable bonds is 7. The highest BCUT2D eigenvalue weighted by Gasteiger charge is 2.19. The summed E-state index contributed by atoms with van der Waals surface area (Å²) < 4.78 is 5.71. The van der Waals surface area contributed by atoms with Crippen molar-refractivity contribution >= 4 is 0 Å². The summed E-state index contributed by atoms with van der Waals surface area (Å²) >= 11 is 0. The van der Waals surface area contributed by atoms with E-state index in [2.05, 4.69) is 48.3 Å². The molecule has 0 aliphatic carbocycles. The Morgan fingerprint density at radius 3 is 2.48 bits per heavy atom. The SMILES string of the molecule is CCOC1CCN(Cc2ccc(C(C)CNC)cc2)CC1. The van der Waals surface area contributed by atoms with Crippen molar-refractivity contribution < 1.29 is 4.74 Å². The van der Waals surface area contributed by atoms with E-state index in [0.717, 1.165) is 32.8 Å². The van der Waals surface area contributed by atoms with Crippen LogP contribution in [0.2, 0.25) is 0 Å². The predicted molar refractivity (Wildman–Crippen MR) is 88.7 cm³/mol. The van der Waals surface area contributed by atoms with Crippen LogP contribution in [-0.4, -0.2) is 44.3 Å². The molecule has 1 aliphatic heterocycles. The van der Waals surface area contributed by atoms with E-state index < -0.39 is 0 Å². The molecule has 1 atom stereocenters. The summed E-state index contributed by atoms with van der Waals surface area (Å²) in [5.41, 5.74) is 2.84. The lowest BCUT2D eigenvalue weighted by atomic mass is 9.99. The van der Waals surface area contributed by atoms with Crippen molar-refractivity contribution in [2.75, 3.05) is 33.3 Å². The largest absolute Gasteiger partial charge is 0.378 e. The summed E-state index contributed by atoms with van der Waals surface area (Å²) in [6.07, 6.45) is 2.83. The van der Waals surface area contributed by atoms with Crippen LogP contribution in [0, 0.1) is 0 Å². The summed E-state index contributed by atoms with van der Waals surface area (Å²) in [6.45, 7) is 9.61. The zero-order chi connectivity index (χ0) is 15.1. The van der Waals surface area contributed by atoms with Crippen LogP contribution in [0.3, 0.4) is 0 Å². The summed E-state index contributed by atoms with van der Waals surface area (Å²) in [5, 5.41) is 3.24. The zero-order valence-corrected chi connectivity index (χ0v) is 13.8. The fourth-order valence-corrected chi connectivity index (χ4v) is 3.10. The number of likely N-dealkylation sites (N-methyl/N-ethyl adjacent to an activating group) is 1. The fourth-order valence-electron chi connectivity index (χ4n) is 3.10. The van der Waals surface area contributed by atoms with Gasteiger partial charge in [-0.3, -0.25) is 4.90 Å². The minimum absolute atomic E-state index is 0.482. The van der Waals surface area contributed by atoms with E-state index in [4.69, 9.17) is 4.74 Å². The maximum Gasteiger partial charge on any atom is 0.0599 e. The van der Waals surface area contributed by atoms with Crippen LogP contribution in [-0.2, 0) is 11.3 Å². The van der Waals surface area contributed by atoms with Gasteiger partial charge in [0, 0.05) is 32.8 Å². The molecular weight excluding hydrogens is 260 g/mol. The molecule has 1 aromatic rings. The topological polar surface area (TPSA) is 24.5 Å². The Balaban J connectivity index is 1.81. The molecule has 3 nitrogen and oxygen atoms in total. The lowest BCUT2D eigenvalue weighted by molar-refractivity contribution is 0.0125. The molecule has 1 aliphatic rings. The second-order valence-corrected chi connectivity index (χ2v) is 6.13. The molecule has 2 rings (SSSR count). The van der Waals surface area contributed by atoms with Crippen molar-refractivity contribution in [1.29, 1.82) is 0 Å². The summed E-state index contributed by atoms with van der Waals surface area (Å²) in [5.74, 6) is 0.575. The van der Waals surface area contributed by atoms with Gasteiger partial charge >= 0.3 is 0 Å². The van der Waals surface area contributed by atoms with Gasteiger partial charge in [0.25, 0.3) is 0 Å². The maximum atomic E-state index is 5.71. The Kier molecular flexibility index (Phi) is 6.68. The number of piperidine rings is 1. The van der Waals surface area contributed by atoms with E-state index in [1.807, 2.05) is 7.05 Å². The molecule has 0 amide bonds. The highest BCUT2D eigenvalue weighted by Crippen LogP contribution is 2.19. The monoisotopic (exact) mass is 290 g/mol. The van der Waals surface area contributed by atoms with Crippen molar-refractivity contribution in [3.63, 3.8) is 0 Å². The zero-order valence-electron chi connectivity index (χ0n) is 13.8. The van der Waals surface area contributed by atoms with Gasteiger partial charge in [-0.1, -0.05) is 31.2 Å². The van der Waals surface area contributed by atoms with Gasteiger partial charge in [-0.15, -0.1) is 0 Å². The highest BCUT2D eigenvalue weighted by molar-refractivity contribution is 5.25. The van der Waals surface area contributed by atoms with E-state index in [9.17, 15) is 0 Å². The lowest BCUT2D eigenvalue weighted by Crippen LogP contribution is -2.36. The molecule has 0 spiro atoms. The molecule has 1 aromatic carbocycles.